The monoisotopic (exact) mass is 272 g/mol. The molecule has 0 heterocycles. The van der Waals surface area contributed by atoms with E-state index in [-0.39, 0.29) is 5.78 Å². The summed E-state index contributed by atoms with van der Waals surface area (Å²) in [6.45, 7) is 7.17. The minimum atomic E-state index is -4.31. The Morgan fingerprint density at radius 3 is 2.16 bits per heavy atom. The van der Waals surface area contributed by atoms with E-state index in [0.717, 1.165) is 17.7 Å². The van der Waals surface area contributed by atoms with E-state index in [0.29, 0.717) is 18.4 Å². The van der Waals surface area contributed by atoms with Crippen LogP contribution in [0.3, 0.4) is 0 Å². The van der Waals surface area contributed by atoms with Gasteiger partial charge < -0.3 is 0 Å². The molecule has 0 saturated carbocycles. The first kappa shape index (κ1) is 15.7. The Hall–Kier alpha value is -1.32. The Bertz CT molecular complexity index is 467. The van der Waals surface area contributed by atoms with Crippen molar-refractivity contribution < 1.29 is 18.0 Å². The van der Waals surface area contributed by atoms with Gasteiger partial charge in [0.15, 0.2) is 0 Å². The summed E-state index contributed by atoms with van der Waals surface area (Å²) in [5, 5.41) is 0. The number of aryl methyl sites for hydroxylation is 2. The van der Waals surface area contributed by atoms with Gasteiger partial charge in [-0.1, -0.05) is 26.8 Å². The van der Waals surface area contributed by atoms with Gasteiger partial charge in [-0.25, -0.2) is 0 Å². The van der Waals surface area contributed by atoms with Crippen LogP contribution < -0.4 is 0 Å². The zero-order chi connectivity index (χ0) is 14.8. The van der Waals surface area contributed by atoms with Gasteiger partial charge in [0.25, 0.3) is 0 Å². The van der Waals surface area contributed by atoms with Crippen molar-refractivity contribution in [3.63, 3.8) is 0 Å². The van der Waals surface area contributed by atoms with E-state index in [2.05, 4.69) is 0 Å². The van der Waals surface area contributed by atoms with Crippen molar-refractivity contribution in [2.24, 2.45) is 5.41 Å². The van der Waals surface area contributed by atoms with Crippen molar-refractivity contribution in [3.8, 4) is 0 Å². The third kappa shape index (κ3) is 4.37. The lowest BCUT2D eigenvalue weighted by molar-refractivity contribution is -0.137. The van der Waals surface area contributed by atoms with Gasteiger partial charge in [0.2, 0.25) is 0 Å². The number of ketones is 1. The molecule has 1 aromatic rings. The van der Waals surface area contributed by atoms with Crippen molar-refractivity contribution in [3.05, 3.63) is 34.9 Å². The van der Waals surface area contributed by atoms with Gasteiger partial charge in [0.05, 0.1) is 5.56 Å². The van der Waals surface area contributed by atoms with Crippen LogP contribution in [-0.2, 0) is 17.4 Å². The molecule has 0 saturated heterocycles. The van der Waals surface area contributed by atoms with Gasteiger partial charge >= 0.3 is 6.18 Å². The van der Waals surface area contributed by atoms with Gasteiger partial charge in [-0.2, -0.15) is 13.2 Å². The maximum absolute atomic E-state index is 12.5. The van der Waals surface area contributed by atoms with E-state index in [1.54, 1.807) is 6.92 Å². The van der Waals surface area contributed by atoms with E-state index in [4.69, 9.17) is 0 Å². The standard InChI is InChI=1S/C15H19F3O/c1-10-9-12(15(16,17)18)7-5-11(10)6-8-13(19)14(2,3)4/h5,7,9H,6,8H2,1-4H3. The van der Waals surface area contributed by atoms with Crippen molar-refractivity contribution in [1.29, 1.82) is 0 Å². The predicted molar refractivity (Wildman–Crippen MR) is 69.0 cm³/mol. The Morgan fingerprint density at radius 2 is 1.74 bits per heavy atom. The Balaban J connectivity index is 2.79. The minimum Gasteiger partial charge on any atom is -0.299 e. The van der Waals surface area contributed by atoms with Gasteiger partial charge in [0, 0.05) is 11.8 Å². The zero-order valence-corrected chi connectivity index (χ0v) is 11.7. The molecule has 0 unspecified atom stereocenters. The molecule has 4 heteroatoms. The SMILES string of the molecule is Cc1cc(C(F)(F)F)ccc1CCC(=O)C(C)(C)C. The molecule has 1 nitrogen and oxygen atoms in total. The van der Waals surface area contributed by atoms with Crippen LogP contribution >= 0.6 is 0 Å². The normalized spacial score (nSPS) is 12.6. The molecule has 0 aliphatic rings. The summed E-state index contributed by atoms with van der Waals surface area (Å²) in [6.07, 6.45) is -3.47. The van der Waals surface area contributed by atoms with E-state index in [1.165, 1.54) is 6.07 Å². The van der Waals surface area contributed by atoms with E-state index >= 15 is 0 Å². The Kier molecular flexibility index (Phi) is 4.43. The smallest absolute Gasteiger partial charge is 0.299 e. The lowest BCUT2D eigenvalue weighted by atomic mass is 9.87. The number of hydrogen-bond acceptors (Lipinski definition) is 1. The highest BCUT2D eigenvalue weighted by Crippen LogP contribution is 2.30. The van der Waals surface area contributed by atoms with Crippen molar-refractivity contribution in [2.75, 3.05) is 0 Å². The molecule has 0 spiro atoms. The summed E-state index contributed by atoms with van der Waals surface area (Å²) >= 11 is 0. The lowest BCUT2D eigenvalue weighted by Gasteiger charge is -2.17. The Morgan fingerprint density at radius 1 is 1.16 bits per heavy atom. The minimum absolute atomic E-state index is 0.117. The van der Waals surface area contributed by atoms with E-state index in [1.807, 2.05) is 20.8 Å². The molecule has 0 aliphatic heterocycles. The summed E-state index contributed by atoms with van der Waals surface area (Å²) in [7, 11) is 0. The number of halogens is 3. The number of alkyl halides is 3. The highest BCUT2D eigenvalue weighted by atomic mass is 19.4. The fourth-order valence-electron chi connectivity index (χ4n) is 1.78. The molecular weight excluding hydrogens is 253 g/mol. The molecule has 0 bridgehead atoms. The number of carbonyl (C=O) groups is 1. The maximum Gasteiger partial charge on any atom is 0.416 e. The van der Waals surface area contributed by atoms with Crippen LogP contribution in [0.1, 0.15) is 43.9 Å². The number of benzene rings is 1. The average molecular weight is 272 g/mol. The number of rotatable bonds is 3. The molecule has 0 fully saturated rings. The first-order valence-electron chi connectivity index (χ1n) is 6.22. The van der Waals surface area contributed by atoms with Gasteiger partial charge in [-0.3, -0.25) is 4.79 Å². The molecule has 1 aromatic carbocycles. The fourth-order valence-corrected chi connectivity index (χ4v) is 1.78. The number of Topliss-reactive ketones (excluding diaryl/α,β-unsaturated/α-hetero) is 1. The summed E-state index contributed by atoms with van der Waals surface area (Å²) < 4.78 is 37.5. The molecule has 0 atom stereocenters. The van der Waals surface area contributed by atoms with Crippen LogP contribution in [0.5, 0.6) is 0 Å². The van der Waals surface area contributed by atoms with Crippen LogP contribution in [0.4, 0.5) is 13.2 Å². The second-order valence-electron chi connectivity index (χ2n) is 5.81. The summed E-state index contributed by atoms with van der Waals surface area (Å²) in [6, 6.07) is 3.68. The highest BCUT2D eigenvalue weighted by molar-refractivity contribution is 5.83. The first-order chi connectivity index (χ1) is 8.51. The highest BCUT2D eigenvalue weighted by Gasteiger charge is 2.30. The van der Waals surface area contributed by atoms with Crippen LogP contribution in [0.2, 0.25) is 0 Å². The van der Waals surface area contributed by atoms with E-state index in [9.17, 15) is 18.0 Å². The second-order valence-corrected chi connectivity index (χ2v) is 5.81. The molecule has 0 aromatic heterocycles. The van der Waals surface area contributed by atoms with Crippen molar-refractivity contribution in [1.82, 2.24) is 0 Å². The van der Waals surface area contributed by atoms with E-state index < -0.39 is 17.2 Å². The van der Waals surface area contributed by atoms with Crippen LogP contribution in [0.25, 0.3) is 0 Å². The van der Waals surface area contributed by atoms with Crippen LogP contribution in [-0.4, -0.2) is 5.78 Å². The van der Waals surface area contributed by atoms with Gasteiger partial charge in [-0.15, -0.1) is 0 Å². The second kappa shape index (κ2) is 5.35. The molecule has 106 valence electrons. The fraction of sp³-hybridized carbons (Fsp3) is 0.533. The molecule has 0 aliphatic carbocycles. The zero-order valence-electron chi connectivity index (χ0n) is 11.7. The van der Waals surface area contributed by atoms with Gasteiger partial charge in [0.1, 0.15) is 5.78 Å². The largest absolute Gasteiger partial charge is 0.416 e. The molecule has 0 N–H and O–H groups in total. The third-order valence-corrected chi connectivity index (χ3v) is 3.13. The average Bonchev–Trinajstić information content (AvgIpc) is 2.24. The molecule has 0 radical (unpaired) electrons. The number of carbonyl (C=O) groups excluding carboxylic acids is 1. The molecule has 19 heavy (non-hydrogen) atoms. The molecule has 0 amide bonds. The predicted octanol–water partition coefficient (Wildman–Crippen LogP) is 4.56. The quantitative estimate of drug-likeness (QED) is 0.788. The van der Waals surface area contributed by atoms with Crippen LogP contribution in [0, 0.1) is 12.3 Å². The number of hydrogen-bond donors (Lipinski definition) is 0. The Labute approximate surface area is 111 Å². The summed E-state index contributed by atoms with van der Waals surface area (Å²) in [4.78, 5) is 11.8. The lowest BCUT2D eigenvalue weighted by Crippen LogP contribution is -2.20. The maximum atomic E-state index is 12.5. The van der Waals surface area contributed by atoms with Gasteiger partial charge in [-0.05, 0) is 36.6 Å². The van der Waals surface area contributed by atoms with Crippen molar-refractivity contribution >= 4 is 5.78 Å². The molecule has 1 rings (SSSR count). The third-order valence-electron chi connectivity index (χ3n) is 3.13. The van der Waals surface area contributed by atoms with Crippen LogP contribution in [0.15, 0.2) is 18.2 Å². The summed E-state index contributed by atoms with van der Waals surface area (Å²) in [5.41, 5.74) is 0.331. The van der Waals surface area contributed by atoms with Crippen molar-refractivity contribution in [2.45, 2.75) is 46.7 Å². The topological polar surface area (TPSA) is 17.1 Å². The molecular formula is C15H19F3O. The summed E-state index contributed by atoms with van der Waals surface area (Å²) in [5.74, 6) is 0.117. The first-order valence-corrected chi connectivity index (χ1v) is 6.22.